The van der Waals surface area contributed by atoms with Crippen molar-refractivity contribution in [2.24, 2.45) is 0 Å². The Balaban J connectivity index is 2.14. The van der Waals surface area contributed by atoms with Crippen molar-refractivity contribution in [3.63, 3.8) is 0 Å². The van der Waals surface area contributed by atoms with Crippen molar-refractivity contribution in [1.82, 2.24) is 15.0 Å². The van der Waals surface area contributed by atoms with Crippen molar-refractivity contribution >= 4 is 11.0 Å². The lowest BCUT2D eigenvalue weighted by atomic mass is 10.1. The molecule has 2 aromatic carbocycles. The van der Waals surface area contributed by atoms with Crippen LogP contribution in [0.3, 0.4) is 0 Å². The summed E-state index contributed by atoms with van der Waals surface area (Å²) in [6.07, 6.45) is 0. The third kappa shape index (κ3) is 2.80. The van der Waals surface area contributed by atoms with E-state index in [-0.39, 0.29) is 5.75 Å². The summed E-state index contributed by atoms with van der Waals surface area (Å²) in [5, 5.41) is 19.6. The molecule has 5 nitrogen and oxygen atoms in total. The molecule has 0 fully saturated rings. The second kappa shape index (κ2) is 5.10. The molecule has 1 aromatic heterocycles. The second-order valence-corrected chi connectivity index (χ2v) is 6.72. The Morgan fingerprint density at radius 2 is 1.64 bits per heavy atom. The fourth-order valence-electron chi connectivity index (χ4n) is 2.58. The van der Waals surface area contributed by atoms with Gasteiger partial charge in [0.25, 0.3) is 0 Å². The second-order valence-electron chi connectivity index (χ2n) is 6.72. The van der Waals surface area contributed by atoms with Gasteiger partial charge in [-0.1, -0.05) is 12.1 Å². The molecule has 0 aliphatic carbocycles. The van der Waals surface area contributed by atoms with Gasteiger partial charge in [0, 0.05) is 0 Å². The van der Waals surface area contributed by atoms with Gasteiger partial charge in [0.05, 0.1) is 26.7 Å². The number of nitrogens with zero attached hydrogens (tertiary/aromatic N) is 4. The first kappa shape index (κ1) is 14.5. The van der Waals surface area contributed by atoms with E-state index >= 15 is 0 Å². The first-order valence-electron chi connectivity index (χ1n) is 7.29. The van der Waals surface area contributed by atoms with Crippen molar-refractivity contribution in [2.45, 2.75) is 13.5 Å². The van der Waals surface area contributed by atoms with Crippen molar-refractivity contribution in [2.75, 3.05) is 21.1 Å². The van der Waals surface area contributed by atoms with Gasteiger partial charge in [-0.2, -0.15) is 0 Å². The molecular weight excluding hydrogens is 276 g/mol. The first-order valence-corrected chi connectivity index (χ1v) is 7.29. The van der Waals surface area contributed by atoms with Gasteiger partial charge in [-0.05, 0) is 36.8 Å². The van der Waals surface area contributed by atoms with E-state index in [9.17, 15) is 5.11 Å². The summed E-state index contributed by atoms with van der Waals surface area (Å²) in [4.78, 5) is 1.52. The van der Waals surface area contributed by atoms with E-state index < -0.39 is 0 Å². The number of rotatable bonds is 3. The van der Waals surface area contributed by atoms with Gasteiger partial charge in [0.15, 0.2) is 5.75 Å². The number of phenols is 1. The molecule has 0 saturated heterocycles. The van der Waals surface area contributed by atoms with Crippen LogP contribution in [0.4, 0.5) is 0 Å². The monoisotopic (exact) mass is 297 g/mol. The molecule has 0 atom stereocenters. The van der Waals surface area contributed by atoms with E-state index in [1.807, 2.05) is 43.3 Å². The van der Waals surface area contributed by atoms with Crippen LogP contribution in [0.5, 0.6) is 5.75 Å². The summed E-state index contributed by atoms with van der Waals surface area (Å²) in [7, 11) is 6.30. The van der Waals surface area contributed by atoms with E-state index in [0.29, 0.717) is 5.69 Å². The molecule has 1 N–H and O–H groups in total. The normalized spacial score (nSPS) is 12.0. The summed E-state index contributed by atoms with van der Waals surface area (Å²) in [5.74, 6) is 0.249. The van der Waals surface area contributed by atoms with Crippen molar-refractivity contribution in [3.05, 3.63) is 47.5 Å². The minimum atomic E-state index is 0.249. The Bertz CT molecular complexity index is 797. The fourth-order valence-corrected chi connectivity index (χ4v) is 2.58. The minimum absolute atomic E-state index is 0.249. The Kier molecular flexibility index (Phi) is 3.37. The van der Waals surface area contributed by atoms with Crippen LogP contribution in [0.2, 0.25) is 0 Å². The zero-order valence-corrected chi connectivity index (χ0v) is 13.4. The number of hydrogen-bond donors (Lipinski definition) is 1. The zero-order valence-electron chi connectivity index (χ0n) is 13.4. The first-order chi connectivity index (χ1) is 10.3. The topological polar surface area (TPSA) is 50.9 Å². The molecule has 0 bridgehead atoms. The summed E-state index contributed by atoms with van der Waals surface area (Å²) >= 11 is 0. The fraction of sp³-hybridized carbons (Fsp3) is 0.294. The van der Waals surface area contributed by atoms with Gasteiger partial charge < -0.3 is 9.59 Å². The van der Waals surface area contributed by atoms with Crippen molar-refractivity contribution in [1.29, 1.82) is 0 Å². The third-order valence-electron chi connectivity index (χ3n) is 3.46. The molecule has 0 aliphatic rings. The smallest absolute Gasteiger partial charge is 0.151 e. The van der Waals surface area contributed by atoms with Crippen molar-refractivity contribution in [3.8, 4) is 11.4 Å². The molecule has 22 heavy (non-hydrogen) atoms. The van der Waals surface area contributed by atoms with Crippen LogP contribution in [-0.4, -0.2) is 45.7 Å². The summed E-state index contributed by atoms with van der Waals surface area (Å²) < 4.78 is 0.741. The van der Waals surface area contributed by atoms with Gasteiger partial charge >= 0.3 is 0 Å². The van der Waals surface area contributed by atoms with Gasteiger partial charge in [-0.25, -0.2) is 0 Å². The van der Waals surface area contributed by atoms with Gasteiger partial charge in [0.1, 0.15) is 23.3 Å². The van der Waals surface area contributed by atoms with Crippen LogP contribution in [0.1, 0.15) is 11.1 Å². The minimum Gasteiger partial charge on any atom is -0.505 e. The van der Waals surface area contributed by atoms with E-state index in [2.05, 4.69) is 31.3 Å². The van der Waals surface area contributed by atoms with E-state index in [4.69, 9.17) is 0 Å². The maximum atomic E-state index is 10.6. The molecule has 5 heteroatoms. The summed E-state index contributed by atoms with van der Waals surface area (Å²) in [6, 6.07) is 11.6. The van der Waals surface area contributed by atoms with Gasteiger partial charge in [-0.3, -0.25) is 0 Å². The molecule has 0 spiro atoms. The van der Waals surface area contributed by atoms with Crippen LogP contribution >= 0.6 is 0 Å². The number of aromatic hydroxyl groups is 1. The zero-order chi connectivity index (χ0) is 15.9. The van der Waals surface area contributed by atoms with Crippen LogP contribution in [0, 0.1) is 6.92 Å². The molecule has 3 rings (SSSR count). The number of hydrogen-bond acceptors (Lipinski definition) is 3. The highest BCUT2D eigenvalue weighted by Crippen LogP contribution is 2.29. The molecule has 0 aliphatic heterocycles. The average Bonchev–Trinajstić information content (AvgIpc) is 2.84. The molecule has 0 unspecified atom stereocenters. The Morgan fingerprint density at radius 1 is 1.05 bits per heavy atom. The Hall–Kier alpha value is -2.40. The number of aryl methyl sites for hydroxylation is 1. The largest absolute Gasteiger partial charge is 0.505 e. The van der Waals surface area contributed by atoms with Crippen molar-refractivity contribution < 1.29 is 9.59 Å². The van der Waals surface area contributed by atoms with Crippen LogP contribution in [0.15, 0.2) is 36.4 Å². The lowest BCUT2D eigenvalue weighted by Gasteiger charge is -2.25. The number of quaternary nitrogens is 1. The number of benzene rings is 2. The lowest BCUT2D eigenvalue weighted by Crippen LogP contribution is -2.33. The maximum absolute atomic E-state index is 10.6. The van der Waals surface area contributed by atoms with E-state index in [1.165, 1.54) is 4.80 Å². The van der Waals surface area contributed by atoms with Crippen LogP contribution in [-0.2, 0) is 6.54 Å². The molecule has 0 amide bonds. The van der Waals surface area contributed by atoms with Crippen LogP contribution < -0.4 is 0 Å². The summed E-state index contributed by atoms with van der Waals surface area (Å²) in [5.41, 5.74) is 4.24. The lowest BCUT2D eigenvalue weighted by molar-refractivity contribution is -0.884. The molecule has 114 valence electrons. The van der Waals surface area contributed by atoms with E-state index in [1.54, 1.807) is 0 Å². The Morgan fingerprint density at radius 3 is 2.18 bits per heavy atom. The molecular formula is C17H21N4O+. The molecule has 1 heterocycles. The molecule has 0 radical (unpaired) electrons. The summed E-state index contributed by atoms with van der Waals surface area (Å²) in [6.45, 7) is 2.76. The Labute approximate surface area is 130 Å². The quantitative estimate of drug-likeness (QED) is 0.756. The number of aromatic nitrogens is 3. The highest BCUT2D eigenvalue weighted by molar-refractivity contribution is 5.73. The standard InChI is InChI=1S/C17H20N4O/c1-12-9-13(11-21(2,3)4)17(22)16(10-12)20-18-14-7-5-6-8-15(14)19-20/h5-10H,11H2,1-4H3/p+1. The third-order valence-corrected chi connectivity index (χ3v) is 3.46. The number of phenolic OH excluding ortho intramolecular Hbond substituents is 1. The average molecular weight is 297 g/mol. The molecule has 0 saturated carbocycles. The highest BCUT2D eigenvalue weighted by atomic mass is 16.3. The maximum Gasteiger partial charge on any atom is 0.151 e. The number of fused-ring (bicyclic) bond motifs is 1. The predicted octanol–water partition coefficient (Wildman–Crippen LogP) is 2.64. The van der Waals surface area contributed by atoms with Crippen LogP contribution in [0.25, 0.3) is 16.7 Å². The predicted molar refractivity (Wildman–Crippen MR) is 87.0 cm³/mol. The SMILES string of the molecule is Cc1cc(C[N+](C)(C)C)c(O)c(-n2nc3ccccc3n2)c1. The van der Waals surface area contributed by atoms with Gasteiger partial charge in [-0.15, -0.1) is 15.0 Å². The van der Waals surface area contributed by atoms with Gasteiger partial charge in [0.2, 0.25) is 0 Å². The van der Waals surface area contributed by atoms with E-state index in [0.717, 1.165) is 33.2 Å². The highest BCUT2D eigenvalue weighted by Gasteiger charge is 2.18. The molecule has 3 aromatic rings.